The lowest BCUT2D eigenvalue weighted by atomic mass is 10.2. The maximum Gasteiger partial charge on any atom is 0.247 e. The van der Waals surface area contributed by atoms with Crippen LogP contribution in [0, 0.1) is 0 Å². The number of ether oxygens (including phenoxy) is 1. The van der Waals surface area contributed by atoms with E-state index in [1.165, 1.54) is 0 Å². The highest BCUT2D eigenvalue weighted by atomic mass is 16.5. The molecule has 0 saturated carbocycles. The van der Waals surface area contributed by atoms with Crippen molar-refractivity contribution in [1.29, 1.82) is 0 Å². The summed E-state index contributed by atoms with van der Waals surface area (Å²) in [4.78, 5) is 16.9. The molecule has 0 aliphatic carbocycles. The van der Waals surface area contributed by atoms with Crippen molar-refractivity contribution in [3.8, 4) is 17.2 Å². The SMILES string of the molecule is CCc1nnc(-c2ccc(OC)c(NC(=O)Cn3cnc4ccccc43)c2)o1. The molecule has 0 aliphatic heterocycles. The minimum absolute atomic E-state index is 0.133. The van der Waals surface area contributed by atoms with Crippen LogP contribution in [0.25, 0.3) is 22.5 Å². The van der Waals surface area contributed by atoms with Gasteiger partial charge in [0.1, 0.15) is 12.3 Å². The van der Waals surface area contributed by atoms with Gasteiger partial charge in [-0.1, -0.05) is 19.1 Å². The van der Waals surface area contributed by atoms with Gasteiger partial charge in [0, 0.05) is 12.0 Å². The van der Waals surface area contributed by atoms with Gasteiger partial charge in [-0.2, -0.15) is 0 Å². The van der Waals surface area contributed by atoms with Gasteiger partial charge in [-0.05, 0) is 30.3 Å². The number of rotatable bonds is 6. The number of hydrogen-bond donors (Lipinski definition) is 1. The average Bonchev–Trinajstić information content (AvgIpc) is 3.35. The van der Waals surface area contributed by atoms with Crippen LogP contribution in [-0.4, -0.2) is 32.8 Å². The fraction of sp³-hybridized carbons (Fsp3) is 0.200. The second kappa shape index (κ2) is 7.51. The van der Waals surface area contributed by atoms with Crippen LogP contribution in [0.3, 0.4) is 0 Å². The predicted molar refractivity (Wildman–Crippen MR) is 104 cm³/mol. The van der Waals surface area contributed by atoms with E-state index < -0.39 is 0 Å². The molecule has 4 aromatic rings. The second-order valence-electron chi connectivity index (χ2n) is 6.18. The Labute approximate surface area is 161 Å². The molecule has 1 amide bonds. The van der Waals surface area contributed by atoms with Gasteiger partial charge >= 0.3 is 0 Å². The fourth-order valence-corrected chi connectivity index (χ4v) is 2.93. The van der Waals surface area contributed by atoms with E-state index in [0.717, 1.165) is 11.0 Å². The van der Waals surface area contributed by atoms with E-state index in [1.54, 1.807) is 30.1 Å². The highest BCUT2D eigenvalue weighted by Gasteiger charge is 2.14. The number of anilines is 1. The van der Waals surface area contributed by atoms with Crippen LogP contribution in [0.2, 0.25) is 0 Å². The molecule has 0 saturated heterocycles. The molecule has 0 atom stereocenters. The minimum Gasteiger partial charge on any atom is -0.495 e. The van der Waals surface area contributed by atoms with E-state index in [0.29, 0.717) is 35.2 Å². The molecule has 0 spiro atoms. The van der Waals surface area contributed by atoms with Crippen LogP contribution in [0.15, 0.2) is 53.2 Å². The Bertz CT molecular complexity index is 1130. The number of benzene rings is 2. The second-order valence-corrected chi connectivity index (χ2v) is 6.18. The third-order valence-corrected chi connectivity index (χ3v) is 4.33. The molecule has 2 aromatic heterocycles. The van der Waals surface area contributed by atoms with Gasteiger partial charge in [0.15, 0.2) is 0 Å². The minimum atomic E-state index is -0.196. The summed E-state index contributed by atoms with van der Waals surface area (Å²) in [5, 5.41) is 10.9. The monoisotopic (exact) mass is 377 g/mol. The molecule has 2 heterocycles. The molecule has 1 N–H and O–H groups in total. The van der Waals surface area contributed by atoms with Crippen molar-refractivity contribution in [2.75, 3.05) is 12.4 Å². The summed E-state index contributed by atoms with van der Waals surface area (Å²) < 4.78 is 12.8. The largest absolute Gasteiger partial charge is 0.495 e. The summed E-state index contributed by atoms with van der Waals surface area (Å²) in [6, 6.07) is 13.0. The fourth-order valence-electron chi connectivity index (χ4n) is 2.93. The van der Waals surface area contributed by atoms with Crippen molar-refractivity contribution in [3.05, 3.63) is 54.7 Å². The van der Waals surface area contributed by atoms with Crippen molar-refractivity contribution in [2.45, 2.75) is 19.9 Å². The molecular weight excluding hydrogens is 358 g/mol. The van der Waals surface area contributed by atoms with Crippen LogP contribution in [0.1, 0.15) is 12.8 Å². The molecule has 0 aliphatic rings. The summed E-state index contributed by atoms with van der Waals surface area (Å²) in [6.45, 7) is 2.07. The van der Waals surface area contributed by atoms with Crippen molar-refractivity contribution in [3.63, 3.8) is 0 Å². The third-order valence-electron chi connectivity index (χ3n) is 4.33. The van der Waals surface area contributed by atoms with Crippen LogP contribution >= 0.6 is 0 Å². The number of aromatic nitrogens is 4. The molecule has 142 valence electrons. The zero-order valence-electron chi connectivity index (χ0n) is 15.5. The number of hydrogen-bond acceptors (Lipinski definition) is 6. The lowest BCUT2D eigenvalue weighted by molar-refractivity contribution is -0.116. The van der Waals surface area contributed by atoms with E-state index in [1.807, 2.05) is 37.3 Å². The van der Waals surface area contributed by atoms with Gasteiger partial charge in [0.25, 0.3) is 0 Å². The topological polar surface area (TPSA) is 95.1 Å². The summed E-state index contributed by atoms with van der Waals surface area (Å²) in [5.74, 6) is 1.31. The number of para-hydroxylation sites is 2. The molecule has 28 heavy (non-hydrogen) atoms. The van der Waals surface area contributed by atoms with E-state index >= 15 is 0 Å². The standard InChI is InChI=1S/C20H19N5O3/c1-3-19-23-24-20(28-19)13-8-9-17(27-2)15(10-13)22-18(26)11-25-12-21-14-6-4-5-7-16(14)25/h4-10,12H,3,11H2,1-2H3,(H,22,26). The first-order valence-corrected chi connectivity index (χ1v) is 8.88. The smallest absolute Gasteiger partial charge is 0.247 e. The number of methoxy groups -OCH3 is 1. The number of imidazole rings is 1. The number of aryl methyl sites for hydroxylation is 1. The number of nitrogens with zero attached hydrogens (tertiary/aromatic N) is 4. The molecule has 0 unspecified atom stereocenters. The number of amides is 1. The Morgan fingerprint density at radius 1 is 1.21 bits per heavy atom. The first-order valence-electron chi connectivity index (χ1n) is 8.88. The van der Waals surface area contributed by atoms with Crippen molar-refractivity contribution < 1.29 is 13.9 Å². The molecule has 0 radical (unpaired) electrons. The maximum absolute atomic E-state index is 12.6. The summed E-state index contributed by atoms with van der Waals surface area (Å²) in [7, 11) is 1.55. The van der Waals surface area contributed by atoms with E-state index in [9.17, 15) is 4.79 Å². The summed E-state index contributed by atoms with van der Waals surface area (Å²) >= 11 is 0. The van der Waals surface area contributed by atoms with Crippen LogP contribution < -0.4 is 10.1 Å². The maximum atomic E-state index is 12.6. The van der Waals surface area contributed by atoms with Crippen LogP contribution in [-0.2, 0) is 17.8 Å². The van der Waals surface area contributed by atoms with Crippen molar-refractivity contribution >= 4 is 22.6 Å². The predicted octanol–water partition coefficient (Wildman–Crippen LogP) is 3.30. The highest BCUT2D eigenvalue weighted by molar-refractivity contribution is 5.93. The Hall–Kier alpha value is -3.68. The first kappa shape index (κ1) is 17.7. The Morgan fingerprint density at radius 3 is 2.86 bits per heavy atom. The Kier molecular flexibility index (Phi) is 4.76. The van der Waals surface area contributed by atoms with Crippen molar-refractivity contribution in [2.24, 2.45) is 0 Å². The lowest BCUT2D eigenvalue weighted by Gasteiger charge is -2.12. The number of carbonyl (C=O) groups is 1. The van der Waals surface area contributed by atoms with Gasteiger partial charge in [-0.15, -0.1) is 10.2 Å². The quantitative estimate of drug-likeness (QED) is 0.554. The molecule has 4 rings (SSSR count). The molecular formula is C20H19N5O3. The molecule has 0 fully saturated rings. The molecule has 2 aromatic carbocycles. The zero-order valence-corrected chi connectivity index (χ0v) is 15.5. The third kappa shape index (κ3) is 3.44. The van der Waals surface area contributed by atoms with Gasteiger partial charge < -0.3 is 19.0 Å². The van der Waals surface area contributed by atoms with Gasteiger partial charge in [-0.25, -0.2) is 4.98 Å². The first-order chi connectivity index (χ1) is 13.7. The molecule has 8 heteroatoms. The average molecular weight is 377 g/mol. The van der Waals surface area contributed by atoms with Gasteiger partial charge in [-0.3, -0.25) is 4.79 Å². The summed E-state index contributed by atoms with van der Waals surface area (Å²) in [6.07, 6.45) is 2.31. The normalized spacial score (nSPS) is 10.9. The zero-order chi connectivity index (χ0) is 19.5. The molecule has 8 nitrogen and oxygen atoms in total. The number of carbonyl (C=O) groups excluding carboxylic acids is 1. The number of fused-ring (bicyclic) bond motifs is 1. The van der Waals surface area contributed by atoms with Crippen LogP contribution in [0.5, 0.6) is 5.75 Å². The number of nitrogens with one attached hydrogen (secondary N) is 1. The molecule has 0 bridgehead atoms. The van der Waals surface area contributed by atoms with E-state index in [-0.39, 0.29) is 12.5 Å². The van der Waals surface area contributed by atoms with Crippen LogP contribution in [0.4, 0.5) is 5.69 Å². The lowest BCUT2D eigenvalue weighted by Crippen LogP contribution is -2.18. The van der Waals surface area contributed by atoms with Crippen molar-refractivity contribution in [1.82, 2.24) is 19.7 Å². The Morgan fingerprint density at radius 2 is 2.07 bits per heavy atom. The Balaban J connectivity index is 1.57. The van der Waals surface area contributed by atoms with E-state index in [2.05, 4.69) is 20.5 Å². The van der Waals surface area contributed by atoms with E-state index in [4.69, 9.17) is 9.15 Å². The highest BCUT2D eigenvalue weighted by Crippen LogP contribution is 2.30. The van der Waals surface area contributed by atoms with Gasteiger partial charge in [0.2, 0.25) is 17.7 Å². The summed E-state index contributed by atoms with van der Waals surface area (Å²) in [5.41, 5.74) is 2.98. The van der Waals surface area contributed by atoms with Gasteiger partial charge in [0.05, 0.1) is 30.2 Å².